The molecule has 0 radical (unpaired) electrons. The van der Waals surface area contributed by atoms with Crippen molar-refractivity contribution in [2.75, 3.05) is 5.75 Å². The topological polar surface area (TPSA) is 77.7 Å². The zero-order chi connectivity index (χ0) is 24.3. The first-order chi connectivity index (χ1) is 15.3. The monoisotopic (exact) mass is 488 g/mol. The number of aromatic nitrogens is 4. The molecule has 174 valence electrons. The molecular weight excluding hydrogens is 474 g/mol. The highest BCUT2D eigenvalue weighted by molar-refractivity contribution is 7.91. The number of nitrogens with zero attached hydrogens (tertiary/aromatic N) is 4. The quantitative estimate of drug-likeness (QED) is 0.379. The Bertz CT molecular complexity index is 1510. The summed E-state index contributed by atoms with van der Waals surface area (Å²) in [6.07, 6.45) is -7.66. The molecule has 4 aromatic rings. The number of benzene rings is 1. The van der Waals surface area contributed by atoms with Gasteiger partial charge in [0.2, 0.25) is 0 Å². The smallest absolute Gasteiger partial charge is 0.324 e. The molecule has 0 aliphatic carbocycles. The fourth-order valence-corrected chi connectivity index (χ4v) is 4.78. The van der Waals surface area contributed by atoms with E-state index in [4.69, 9.17) is 0 Å². The van der Waals surface area contributed by atoms with Gasteiger partial charge in [0.1, 0.15) is 16.3 Å². The highest BCUT2D eigenvalue weighted by atomic mass is 32.2. The van der Waals surface area contributed by atoms with Gasteiger partial charge in [-0.3, -0.25) is 4.98 Å². The molecule has 0 N–H and O–H groups in total. The van der Waals surface area contributed by atoms with Crippen molar-refractivity contribution in [1.82, 2.24) is 19.5 Å². The molecule has 0 aliphatic rings. The Hall–Kier alpha value is -3.22. The second-order valence-corrected chi connectivity index (χ2v) is 9.37. The minimum atomic E-state index is -4.76. The Morgan fingerprint density at radius 2 is 1.67 bits per heavy atom. The fourth-order valence-electron chi connectivity index (χ4n) is 3.54. The number of hydrogen-bond donors (Lipinski definition) is 0. The number of pyridine rings is 2. The van der Waals surface area contributed by atoms with Gasteiger partial charge >= 0.3 is 12.4 Å². The molecule has 3 aromatic heterocycles. The van der Waals surface area contributed by atoms with E-state index in [0.29, 0.717) is 6.07 Å². The Labute approximate surface area is 182 Å². The largest absolute Gasteiger partial charge is 0.433 e. The van der Waals surface area contributed by atoms with Crippen molar-refractivity contribution in [2.45, 2.75) is 24.2 Å². The summed E-state index contributed by atoms with van der Waals surface area (Å²) in [5, 5.41) is -0.626. The maximum Gasteiger partial charge on any atom is 0.433 e. The third kappa shape index (κ3) is 3.79. The van der Waals surface area contributed by atoms with Gasteiger partial charge in [-0.15, -0.1) is 0 Å². The number of imidazole rings is 1. The number of rotatable bonds is 3. The van der Waals surface area contributed by atoms with Crippen LogP contribution in [-0.2, 0) is 29.2 Å². The van der Waals surface area contributed by atoms with E-state index in [9.17, 15) is 34.8 Å². The number of fused-ring (bicyclic) bond motifs is 2. The van der Waals surface area contributed by atoms with E-state index in [-0.39, 0.29) is 27.9 Å². The first-order valence-electron chi connectivity index (χ1n) is 9.37. The Balaban J connectivity index is 2.09. The number of aryl methyl sites for hydroxylation is 1. The predicted octanol–water partition coefficient (Wildman–Crippen LogP) is 5.01. The minimum absolute atomic E-state index is 0.124. The molecule has 0 spiro atoms. The van der Waals surface area contributed by atoms with Crippen LogP contribution in [0, 0.1) is 0 Å². The Morgan fingerprint density at radius 3 is 2.27 bits per heavy atom. The summed E-state index contributed by atoms with van der Waals surface area (Å²) in [7, 11) is -2.71. The van der Waals surface area contributed by atoms with Crippen molar-refractivity contribution in [3.05, 3.63) is 47.9 Å². The molecule has 4 rings (SSSR count). The number of sulfone groups is 1. The molecule has 0 saturated heterocycles. The van der Waals surface area contributed by atoms with E-state index in [0.717, 1.165) is 24.5 Å². The molecule has 0 saturated carbocycles. The van der Waals surface area contributed by atoms with Crippen LogP contribution < -0.4 is 0 Å². The van der Waals surface area contributed by atoms with Crippen molar-refractivity contribution in [3.63, 3.8) is 0 Å². The lowest BCUT2D eigenvalue weighted by Crippen LogP contribution is -2.12. The molecule has 6 nitrogen and oxygen atoms in total. The van der Waals surface area contributed by atoms with Crippen molar-refractivity contribution >= 4 is 31.6 Å². The standard InChI is InChI=1S/C20H14F6N4O2S/c1-3-33(31,32)17-10-5-4-6-12(19(21,22)23)11(10)8-28-16(17)18-29-13-7-15(20(24,25)26)27-9-14(13)30(18)2/h4-9H,3H2,1-2H3. The van der Waals surface area contributed by atoms with E-state index < -0.39 is 49.5 Å². The number of halogens is 6. The summed E-state index contributed by atoms with van der Waals surface area (Å²) >= 11 is 0. The maximum absolute atomic E-state index is 13.5. The number of alkyl halides is 6. The van der Waals surface area contributed by atoms with Crippen LogP contribution in [-0.4, -0.2) is 33.7 Å². The summed E-state index contributed by atoms with van der Waals surface area (Å²) in [4.78, 5) is 11.0. The van der Waals surface area contributed by atoms with Gasteiger partial charge in [0.05, 0.1) is 28.5 Å². The van der Waals surface area contributed by atoms with Crippen LogP contribution in [0.4, 0.5) is 26.3 Å². The molecule has 0 atom stereocenters. The SMILES string of the molecule is CCS(=O)(=O)c1c(-c2nc3cc(C(F)(F)F)ncc3n2C)ncc2c(C(F)(F)F)cccc12. The first-order valence-corrected chi connectivity index (χ1v) is 11.0. The van der Waals surface area contributed by atoms with Crippen molar-refractivity contribution < 1.29 is 34.8 Å². The summed E-state index contributed by atoms with van der Waals surface area (Å²) in [6, 6.07) is 3.82. The highest BCUT2D eigenvalue weighted by Crippen LogP contribution is 2.40. The second kappa shape index (κ2) is 7.40. The Kier molecular flexibility index (Phi) is 5.15. The van der Waals surface area contributed by atoms with Gasteiger partial charge in [-0.1, -0.05) is 19.1 Å². The lowest BCUT2D eigenvalue weighted by molar-refractivity contribution is -0.141. The van der Waals surface area contributed by atoms with Gasteiger partial charge in [-0.2, -0.15) is 26.3 Å². The van der Waals surface area contributed by atoms with Crippen LogP contribution in [0.25, 0.3) is 33.3 Å². The van der Waals surface area contributed by atoms with Crippen LogP contribution in [0.15, 0.2) is 41.6 Å². The van der Waals surface area contributed by atoms with Crippen LogP contribution in [0.1, 0.15) is 18.2 Å². The number of hydrogen-bond acceptors (Lipinski definition) is 5. The van der Waals surface area contributed by atoms with Crippen LogP contribution in [0.2, 0.25) is 0 Å². The van der Waals surface area contributed by atoms with Crippen LogP contribution in [0.3, 0.4) is 0 Å². The van der Waals surface area contributed by atoms with Gasteiger partial charge < -0.3 is 4.57 Å². The Morgan fingerprint density at radius 1 is 0.970 bits per heavy atom. The summed E-state index contributed by atoms with van der Waals surface area (Å²) in [5.74, 6) is -0.571. The fraction of sp³-hybridized carbons (Fsp3) is 0.250. The van der Waals surface area contributed by atoms with Gasteiger partial charge in [0.25, 0.3) is 0 Å². The highest BCUT2D eigenvalue weighted by Gasteiger charge is 2.35. The molecule has 0 amide bonds. The molecular formula is C20H14F6N4O2S. The minimum Gasteiger partial charge on any atom is -0.324 e. The van der Waals surface area contributed by atoms with Gasteiger partial charge in [-0.05, 0) is 12.1 Å². The van der Waals surface area contributed by atoms with Gasteiger partial charge in [-0.25, -0.2) is 18.4 Å². The predicted molar refractivity (Wildman–Crippen MR) is 107 cm³/mol. The maximum atomic E-state index is 13.5. The van der Waals surface area contributed by atoms with Crippen LogP contribution in [0.5, 0.6) is 0 Å². The van der Waals surface area contributed by atoms with Gasteiger partial charge in [0.15, 0.2) is 15.7 Å². The lowest BCUT2D eigenvalue weighted by Gasteiger charge is -2.15. The molecule has 13 heteroatoms. The van der Waals surface area contributed by atoms with E-state index in [1.54, 1.807) is 0 Å². The molecule has 3 heterocycles. The van der Waals surface area contributed by atoms with Gasteiger partial charge in [0, 0.05) is 24.0 Å². The molecule has 0 unspecified atom stereocenters. The third-order valence-corrected chi connectivity index (χ3v) is 6.95. The zero-order valence-electron chi connectivity index (χ0n) is 17.0. The van der Waals surface area contributed by atoms with Crippen molar-refractivity contribution in [3.8, 4) is 11.5 Å². The molecule has 0 aliphatic heterocycles. The lowest BCUT2D eigenvalue weighted by atomic mass is 10.1. The zero-order valence-corrected chi connectivity index (χ0v) is 17.8. The summed E-state index contributed by atoms with van der Waals surface area (Å²) < 4.78 is 107. The third-order valence-electron chi connectivity index (χ3n) is 5.15. The molecule has 33 heavy (non-hydrogen) atoms. The molecule has 1 aromatic carbocycles. The molecule has 0 fully saturated rings. The normalized spacial score (nSPS) is 13.2. The summed E-state index contributed by atoms with van der Waals surface area (Å²) in [6.45, 7) is 1.32. The first kappa shape index (κ1) is 23.0. The van der Waals surface area contributed by atoms with Crippen molar-refractivity contribution in [1.29, 1.82) is 0 Å². The van der Waals surface area contributed by atoms with Crippen LogP contribution >= 0.6 is 0 Å². The average Bonchev–Trinajstić information content (AvgIpc) is 3.07. The van der Waals surface area contributed by atoms with E-state index >= 15 is 0 Å². The second-order valence-electron chi connectivity index (χ2n) is 7.15. The van der Waals surface area contributed by atoms with E-state index in [1.807, 2.05) is 0 Å². The molecule has 0 bridgehead atoms. The average molecular weight is 488 g/mol. The summed E-state index contributed by atoms with van der Waals surface area (Å²) in [5.41, 5.74) is -2.49. The van der Waals surface area contributed by atoms with E-state index in [2.05, 4.69) is 15.0 Å². The van der Waals surface area contributed by atoms with E-state index in [1.165, 1.54) is 24.6 Å². The van der Waals surface area contributed by atoms with Crippen molar-refractivity contribution in [2.24, 2.45) is 7.05 Å².